The third-order valence-electron chi connectivity index (χ3n) is 4.36. The molecule has 2 aromatic carbocycles. The van der Waals surface area contributed by atoms with Gasteiger partial charge in [0.25, 0.3) is 0 Å². The Morgan fingerprint density at radius 3 is 2.19 bits per heavy atom. The SMILES string of the molecule is COc1ccccc1N1CCN(Cc2ccc(OC(F)(F)F)cc2)CC1. The van der Waals surface area contributed by atoms with E-state index in [9.17, 15) is 13.2 Å². The topological polar surface area (TPSA) is 24.9 Å². The van der Waals surface area contributed by atoms with Gasteiger partial charge in [-0.05, 0) is 29.8 Å². The van der Waals surface area contributed by atoms with Gasteiger partial charge in [0.05, 0.1) is 12.8 Å². The van der Waals surface area contributed by atoms with E-state index >= 15 is 0 Å². The third-order valence-corrected chi connectivity index (χ3v) is 4.36. The number of ether oxygens (including phenoxy) is 2. The molecule has 0 radical (unpaired) electrons. The van der Waals surface area contributed by atoms with Crippen LogP contribution in [0, 0.1) is 0 Å². The third kappa shape index (κ3) is 4.82. The van der Waals surface area contributed by atoms with Crippen molar-refractivity contribution >= 4 is 5.69 Å². The Labute approximate surface area is 150 Å². The van der Waals surface area contributed by atoms with Gasteiger partial charge in [-0.1, -0.05) is 24.3 Å². The number of halogens is 3. The fraction of sp³-hybridized carbons (Fsp3) is 0.368. The van der Waals surface area contributed by atoms with E-state index in [1.807, 2.05) is 24.3 Å². The Kier molecular flexibility index (Phi) is 5.56. The zero-order chi connectivity index (χ0) is 18.6. The maximum atomic E-state index is 12.2. The zero-order valence-corrected chi connectivity index (χ0v) is 14.5. The van der Waals surface area contributed by atoms with E-state index in [-0.39, 0.29) is 5.75 Å². The Hall–Kier alpha value is -2.41. The monoisotopic (exact) mass is 366 g/mol. The minimum Gasteiger partial charge on any atom is -0.495 e. The summed E-state index contributed by atoms with van der Waals surface area (Å²) in [5, 5.41) is 0. The number of nitrogens with zero attached hydrogens (tertiary/aromatic N) is 2. The second kappa shape index (κ2) is 7.86. The molecule has 0 unspecified atom stereocenters. The van der Waals surface area contributed by atoms with Gasteiger partial charge in [-0.3, -0.25) is 4.90 Å². The van der Waals surface area contributed by atoms with Crippen LogP contribution in [0.4, 0.5) is 18.9 Å². The van der Waals surface area contributed by atoms with Gasteiger partial charge < -0.3 is 14.4 Å². The molecule has 0 aliphatic carbocycles. The molecule has 1 heterocycles. The first-order valence-corrected chi connectivity index (χ1v) is 8.39. The first-order chi connectivity index (χ1) is 12.4. The number of rotatable bonds is 5. The first kappa shape index (κ1) is 18.4. The van der Waals surface area contributed by atoms with Crippen LogP contribution in [-0.2, 0) is 6.54 Å². The largest absolute Gasteiger partial charge is 0.573 e. The summed E-state index contributed by atoms with van der Waals surface area (Å²) in [7, 11) is 1.67. The number of piperazine rings is 1. The molecule has 0 saturated carbocycles. The molecule has 140 valence electrons. The molecular formula is C19H21F3N2O2. The number of hydrogen-bond acceptors (Lipinski definition) is 4. The van der Waals surface area contributed by atoms with Crippen molar-refractivity contribution in [3.05, 3.63) is 54.1 Å². The summed E-state index contributed by atoms with van der Waals surface area (Å²) < 4.78 is 45.9. The Morgan fingerprint density at radius 2 is 1.58 bits per heavy atom. The van der Waals surface area contributed by atoms with Crippen LogP contribution in [0.15, 0.2) is 48.5 Å². The molecular weight excluding hydrogens is 345 g/mol. The number of benzene rings is 2. The second-order valence-corrected chi connectivity index (χ2v) is 6.13. The summed E-state index contributed by atoms with van der Waals surface area (Å²) in [5.41, 5.74) is 2.05. The van der Waals surface area contributed by atoms with Gasteiger partial charge in [0.15, 0.2) is 0 Å². The molecule has 1 aliphatic rings. The summed E-state index contributed by atoms with van der Waals surface area (Å²) in [6.45, 7) is 4.19. The molecule has 1 aliphatic heterocycles. The van der Waals surface area contributed by atoms with Crippen LogP contribution in [0.25, 0.3) is 0 Å². The lowest BCUT2D eigenvalue weighted by Gasteiger charge is -2.36. The quantitative estimate of drug-likeness (QED) is 0.801. The van der Waals surface area contributed by atoms with E-state index in [4.69, 9.17) is 4.74 Å². The van der Waals surface area contributed by atoms with E-state index in [1.165, 1.54) is 12.1 Å². The van der Waals surface area contributed by atoms with Crippen LogP contribution in [0.1, 0.15) is 5.56 Å². The van der Waals surface area contributed by atoms with Crippen LogP contribution < -0.4 is 14.4 Å². The molecule has 1 fully saturated rings. The number of anilines is 1. The maximum absolute atomic E-state index is 12.2. The smallest absolute Gasteiger partial charge is 0.495 e. The first-order valence-electron chi connectivity index (χ1n) is 8.39. The van der Waals surface area contributed by atoms with Gasteiger partial charge >= 0.3 is 6.36 Å². The molecule has 0 atom stereocenters. The average molecular weight is 366 g/mol. The normalized spacial score (nSPS) is 15.8. The predicted octanol–water partition coefficient (Wildman–Crippen LogP) is 3.92. The van der Waals surface area contributed by atoms with Crippen LogP contribution >= 0.6 is 0 Å². The predicted molar refractivity (Wildman–Crippen MR) is 93.6 cm³/mol. The van der Waals surface area contributed by atoms with Crippen molar-refractivity contribution in [3.63, 3.8) is 0 Å². The van der Waals surface area contributed by atoms with E-state index in [1.54, 1.807) is 19.2 Å². The summed E-state index contributed by atoms with van der Waals surface area (Å²) in [6.07, 6.45) is -4.66. The molecule has 7 heteroatoms. The highest BCUT2D eigenvalue weighted by Crippen LogP contribution is 2.28. The zero-order valence-electron chi connectivity index (χ0n) is 14.5. The summed E-state index contributed by atoms with van der Waals surface area (Å²) in [6, 6.07) is 14.0. The lowest BCUT2D eigenvalue weighted by atomic mass is 10.1. The highest BCUT2D eigenvalue weighted by Gasteiger charge is 2.31. The molecule has 4 nitrogen and oxygen atoms in total. The van der Waals surface area contributed by atoms with Crippen molar-refractivity contribution in [3.8, 4) is 11.5 Å². The number of methoxy groups -OCH3 is 1. The average Bonchev–Trinajstić information content (AvgIpc) is 2.63. The Bertz CT molecular complexity index is 711. The maximum Gasteiger partial charge on any atom is 0.573 e. The van der Waals surface area contributed by atoms with E-state index in [0.29, 0.717) is 6.54 Å². The van der Waals surface area contributed by atoms with Crippen LogP contribution in [-0.4, -0.2) is 44.6 Å². The van der Waals surface area contributed by atoms with Crippen molar-refractivity contribution in [2.24, 2.45) is 0 Å². The second-order valence-electron chi connectivity index (χ2n) is 6.13. The lowest BCUT2D eigenvalue weighted by molar-refractivity contribution is -0.274. The van der Waals surface area contributed by atoms with Crippen molar-refractivity contribution in [2.75, 3.05) is 38.2 Å². The molecule has 26 heavy (non-hydrogen) atoms. The van der Waals surface area contributed by atoms with Crippen molar-refractivity contribution < 1.29 is 22.6 Å². The van der Waals surface area contributed by atoms with Crippen molar-refractivity contribution in [2.45, 2.75) is 12.9 Å². The van der Waals surface area contributed by atoms with Crippen molar-refractivity contribution in [1.29, 1.82) is 0 Å². The lowest BCUT2D eigenvalue weighted by Crippen LogP contribution is -2.46. The number of alkyl halides is 3. The fourth-order valence-corrected chi connectivity index (χ4v) is 3.09. The van der Waals surface area contributed by atoms with Gasteiger partial charge in [-0.2, -0.15) is 0 Å². The molecule has 0 N–H and O–H groups in total. The fourth-order valence-electron chi connectivity index (χ4n) is 3.09. The van der Waals surface area contributed by atoms with Gasteiger partial charge in [-0.15, -0.1) is 13.2 Å². The molecule has 0 amide bonds. The minimum absolute atomic E-state index is 0.192. The van der Waals surface area contributed by atoms with Gasteiger partial charge in [-0.25, -0.2) is 0 Å². The van der Waals surface area contributed by atoms with Crippen molar-refractivity contribution in [1.82, 2.24) is 4.90 Å². The molecule has 0 aromatic heterocycles. The number of hydrogen-bond donors (Lipinski definition) is 0. The Morgan fingerprint density at radius 1 is 0.923 bits per heavy atom. The molecule has 1 saturated heterocycles. The highest BCUT2D eigenvalue weighted by molar-refractivity contribution is 5.58. The van der Waals surface area contributed by atoms with Gasteiger partial charge in [0.2, 0.25) is 0 Å². The molecule has 2 aromatic rings. The number of para-hydroxylation sites is 2. The van der Waals surface area contributed by atoms with E-state index < -0.39 is 6.36 Å². The van der Waals surface area contributed by atoms with Crippen LogP contribution in [0.2, 0.25) is 0 Å². The highest BCUT2D eigenvalue weighted by atomic mass is 19.4. The standard InChI is InChI=1S/C19H21F3N2O2/c1-25-18-5-3-2-4-17(18)24-12-10-23(11-13-24)14-15-6-8-16(9-7-15)26-19(20,21)22/h2-9H,10-14H2,1H3. The molecule has 0 bridgehead atoms. The van der Waals surface area contributed by atoms with E-state index in [0.717, 1.165) is 43.2 Å². The van der Waals surface area contributed by atoms with Gasteiger partial charge in [0.1, 0.15) is 11.5 Å². The van der Waals surface area contributed by atoms with Crippen LogP contribution in [0.3, 0.4) is 0 Å². The molecule has 0 spiro atoms. The minimum atomic E-state index is -4.66. The molecule has 3 rings (SSSR count). The summed E-state index contributed by atoms with van der Waals surface area (Å²) >= 11 is 0. The summed E-state index contributed by atoms with van der Waals surface area (Å²) in [5.74, 6) is 0.670. The van der Waals surface area contributed by atoms with Crippen LogP contribution in [0.5, 0.6) is 11.5 Å². The Balaban J connectivity index is 1.54. The van der Waals surface area contributed by atoms with Gasteiger partial charge in [0, 0.05) is 32.7 Å². The summed E-state index contributed by atoms with van der Waals surface area (Å²) in [4.78, 5) is 4.57. The van der Waals surface area contributed by atoms with E-state index in [2.05, 4.69) is 14.5 Å².